The zero-order valence-corrected chi connectivity index (χ0v) is 13.1. The van der Waals surface area contributed by atoms with Crippen LogP contribution in [0.25, 0.3) is 6.08 Å². The van der Waals surface area contributed by atoms with Crippen molar-refractivity contribution in [3.05, 3.63) is 70.8 Å². The molecule has 0 spiro atoms. The Balaban J connectivity index is 1.86. The first-order valence-electron chi connectivity index (χ1n) is 6.76. The van der Waals surface area contributed by atoms with Crippen LogP contribution in [0.5, 0.6) is 5.75 Å². The highest BCUT2D eigenvalue weighted by Gasteiger charge is 2.06. The summed E-state index contributed by atoms with van der Waals surface area (Å²) in [6, 6.07) is 13.6. The van der Waals surface area contributed by atoms with Gasteiger partial charge in [0.2, 0.25) is 0 Å². The van der Waals surface area contributed by atoms with E-state index in [1.165, 1.54) is 12.1 Å². The Morgan fingerprint density at radius 1 is 1.09 bits per heavy atom. The summed E-state index contributed by atoms with van der Waals surface area (Å²) in [6.45, 7) is 0. The number of halogens is 1. The van der Waals surface area contributed by atoms with E-state index in [0.717, 1.165) is 11.3 Å². The van der Waals surface area contributed by atoms with Crippen LogP contribution in [0.1, 0.15) is 15.9 Å². The molecule has 6 heteroatoms. The van der Waals surface area contributed by atoms with Crippen LogP contribution in [0.15, 0.2) is 54.6 Å². The smallest absolute Gasteiger partial charge is 0.269 e. The number of methoxy groups -OCH3 is 1. The van der Waals surface area contributed by atoms with Gasteiger partial charge in [-0.05, 0) is 42.0 Å². The first-order valence-corrected chi connectivity index (χ1v) is 7.14. The van der Waals surface area contributed by atoms with Crippen LogP contribution in [0.4, 0.5) is 0 Å². The number of carbonyl (C=O) groups excluding carboxylic acids is 2. The summed E-state index contributed by atoms with van der Waals surface area (Å²) in [4.78, 5) is 23.5. The van der Waals surface area contributed by atoms with Crippen molar-refractivity contribution < 1.29 is 14.3 Å². The molecular formula is C17H15ClN2O3. The molecule has 23 heavy (non-hydrogen) atoms. The molecule has 0 saturated carbocycles. The number of hydrogen-bond acceptors (Lipinski definition) is 3. The van der Waals surface area contributed by atoms with Gasteiger partial charge in [-0.25, -0.2) is 0 Å². The van der Waals surface area contributed by atoms with E-state index in [4.69, 9.17) is 16.3 Å². The van der Waals surface area contributed by atoms with Gasteiger partial charge in [-0.1, -0.05) is 29.8 Å². The monoisotopic (exact) mass is 330 g/mol. The van der Waals surface area contributed by atoms with Crippen LogP contribution < -0.4 is 15.6 Å². The summed E-state index contributed by atoms with van der Waals surface area (Å²) in [6.07, 6.45) is 2.94. The second-order valence-corrected chi connectivity index (χ2v) is 5.00. The van der Waals surface area contributed by atoms with Crippen molar-refractivity contribution in [1.29, 1.82) is 0 Å². The first kappa shape index (κ1) is 16.6. The van der Waals surface area contributed by atoms with Crippen molar-refractivity contribution in [2.75, 3.05) is 7.11 Å². The molecular weight excluding hydrogens is 316 g/mol. The van der Waals surface area contributed by atoms with E-state index in [-0.39, 0.29) is 0 Å². The number of carbonyl (C=O) groups is 2. The maximum Gasteiger partial charge on any atom is 0.269 e. The molecule has 2 aromatic rings. The molecule has 2 rings (SSSR count). The van der Waals surface area contributed by atoms with E-state index in [1.807, 2.05) is 12.1 Å². The molecule has 0 aliphatic heterocycles. The third-order valence-corrected chi connectivity index (χ3v) is 3.16. The molecule has 0 saturated heterocycles. The average Bonchev–Trinajstić information content (AvgIpc) is 2.58. The minimum Gasteiger partial charge on any atom is -0.497 e. The van der Waals surface area contributed by atoms with Crippen LogP contribution in [0.3, 0.4) is 0 Å². The normalized spacial score (nSPS) is 10.3. The van der Waals surface area contributed by atoms with E-state index in [0.29, 0.717) is 10.6 Å². The molecule has 118 valence electrons. The van der Waals surface area contributed by atoms with Crippen LogP contribution >= 0.6 is 11.6 Å². The molecule has 5 nitrogen and oxygen atoms in total. The molecule has 0 heterocycles. The molecule has 2 amide bonds. The largest absolute Gasteiger partial charge is 0.497 e. The van der Waals surface area contributed by atoms with Crippen LogP contribution in [0, 0.1) is 0 Å². The zero-order chi connectivity index (χ0) is 16.7. The highest BCUT2D eigenvalue weighted by atomic mass is 35.5. The van der Waals surface area contributed by atoms with Gasteiger partial charge in [0.15, 0.2) is 0 Å². The molecule has 0 radical (unpaired) electrons. The second-order valence-electron chi connectivity index (χ2n) is 4.56. The standard InChI is InChI=1S/C17H15ClN2O3/c1-23-15-8-5-12(6-9-15)7-10-16(21)19-20-17(22)13-3-2-4-14(18)11-13/h2-11H,1H3,(H,19,21)(H,20,22). The number of hydrazine groups is 1. The minimum absolute atomic E-state index is 0.358. The predicted octanol–water partition coefficient (Wildman–Crippen LogP) is 2.82. The Kier molecular flexibility index (Phi) is 5.77. The van der Waals surface area contributed by atoms with Crippen molar-refractivity contribution in [3.63, 3.8) is 0 Å². The Hall–Kier alpha value is -2.79. The van der Waals surface area contributed by atoms with E-state index in [2.05, 4.69) is 10.9 Å². The first-order chi connectivity index (χ1) is 11.1. The van der Waals surface area contributed by atoms with Crippen LogP contribution in [-0.4, -0.2) is 18.9 Å². The third-order valence-electron chi connectivity index (χ3n) is 2.93. The van der Waals surface area contributed by atoms with Crippen molar-refractivity contribution in [1.82, 2.24) is 10.9 Å². The van der Waals surface area contributed by atoms with Gasteiger partial charge in [-0.3, -0.25) is 20.4 Å². The second kappa shape index (κ2) is 8.00. The number of rotatable bonds is 4. The fourth-order valence-electron chi connectivity index (χ4n) is 1.75. The lowest BCUT2D eigenvalue weighted by Gasteiger charge is -2.05. The Morgan fingerprint density at radius 3 is 2.48 bits per heavy atom. The number of nitrogens with one attached hydrogen (secondary N) is 2. The van der Waals surface area contributed by atoms with E-state index in [9.17, 15) is 9.59 Å². The predicted molar refractivity (Wildman–Crippen MR) is 89.1 cm³/mol. The van der Waals surface area contributed by atoms with Gasteiger partial charge >= 0.3 is 0 Å². The van der Waals surface area contributed by atoms with Crippen molar-refractivity contribution >= 4 is 29.5 Å². The van der Waals surface area contributed by atoms with E-state index >= 15 is 0 Å². The van der Waals surface area contributed by atoms with Gasteiger partial charge in [-0.2, -0.15) is 0 Å². The van der Waals surface area contributed by atoms with Crippen LogP contribution in [0.2, 0.25) is 5.02 Å². The summed E-state index contributed by atoms with van der Waals surface area (Å²) in [5.41, 5.74) is 5.81. The molecule has 0 aliphatic carbocycles. The third kappa shape index (κ3) is 5.16. The molecule has 0 aliphatic rings. The van der Waals surface area contributed by atoms with Gasteiger partial charge in [0.1, 0.15) is 5.75 Å². The quantitative estimate of drug-likeness (QED) is 0.669. The highest BCUT2D eigenvalue weighted by Crippen LogP contribution is 2.12. The number of hydrogen-bond donors (Lipinski definition) is 2. The summed E-state index contributed by atoms with van der Waals surface area (Å²) in [7, 11) is 1.58. The summed E-state index contributed by atoms with van der Waals surface area (Å²) >= 11 is 5.80. The number of amides is 2. The Bertz CT molecular complexity index is 727. The van der Waals surface area contributed by atoms with Gasteiger partial charge in [-0.15, -0.1) is 0 Å². The fraction of sp³-hybridized carbons (Fsp3) is 0.0588. The fourth-order valence-corrected chi connectivity index (χ4v) is 1.94. The summed E-state index contributed by atoms with van der Waals surface area (Å²) in [5, 5.41) is 0.448. The van der Waals surface area contributed by atoms with Gasteiger partial charge in [0, 0.05) is 16.7 Å². The number of ether oxygens (including phenoxy) is 1. The SMILES string of the molecule is COc1ccc(C=CC(=O)NNC(=O)c2cccc(Cl)c2)cc1. The molecule has 0 aromatic heterocycles. The van der Waals surface area contributed by atoms with Gasteiger partial charge < -0.3 is 4.74 Å². The molecule has 0 bridgehead atoms. The highest BCUT2D eigenvalue weighted by molar-refractivity contribution is 6.30. The molecule has 2 aromatic carbocycles. The maximum atomic E-state index is 11.8. The lowest BCUT2D eigenvalue weighted by molar-refractivity contribution is -0.117. The number of benzene rings is 2. The lowest BCUT2D eigenvalue weighted by Crippen LogP contribution is -2.40. The molecule has 2 N–H and O–H groups in total. The van der Waals surface area contributed by atoms with Crippen molar-refractivity contribution in [2.24, 2.45) is 0 Å². The minimum atomic E-state index is -0.448. The zero-order valence-electron chi connectivity index (χ0n) is 12.4. The van der Waals surface area contributed by atoms with E-state index < -0.39 is 11.8 Å². The topological polar surface area (TPSA) is 67.4 Å². The van der Waals surface area contributed by atoms with Crippen molar-refractivity contribution in [3.8, 4) is 5.75 Å². The molecule has 0 fully saturated rings. The summed E-state index contributed by atoms with van der Waals surface area (Å²) in [5.74, 6) is -0.157. The average molecular weight is 331 g/mol. The maximum absolute atomic E-state index is 11.8. The van der Waals surface area contributed by atoms with Crippen LogP contribution in [-0.2, 0) is 4.79 Å². The molecule has 0 atom stereocenters. The summed E-state index contributed by atoms with van der Waals surface area (Å²) < 4.78 is 5.05. The van der Waals surface area contributed by atoms with E-state index in [1.54, 1.807) is 43.5 Å². The Labute approximate surface area is 138 Å². The van der Waals surface area contributed by atoms with Gasteiger partial charge in [0.25, 0.3) is 11.8 Å². The Morgan fingerprint density at radius 2 is 1.83 bits per heavy atom. The molecule has 0 unspecified atom stereocenters. The van der Waals surface area contributed by atoms with Gasteiger partial charge in [0.05, 0.1) is 7.11 Å². The van der Waals surface area contributed by atoms with Crippen molar-refractivity contribution in [2.45, 2.75) is 0 Å². The lowest BCUT2D eigenvalue weighted by atomic mass is 10.2.